The van der Waals surface area contributed by atoms with Gasteiger partial charge in [0.15, 0.2) is 0 Å². The highest BCUT2D eigenvalue weighted by Gasteiger charge is 2.30. The van der Waals surface area contributed by atoms with E-state index in [2.05, 4.69) is 5.32 Å². The third kappa shape index (κ3) is 4.00. The summed E-state index contributed by atoms with van der Waals surface area (Å²) in [6.07, 6.45) is 0.941. The minimum Gasteiger partial charge on any atom is -0.356 e. The molecular formula is C12H23N3O2. The van der Waals surface area contributed by atoms with Crippen molar-refractivity contribution < 1.29 is 9.59 Å². The van der Waals surface area contributed by atoms with Gasteiger partial charge in [-0.05, 0) is 18.3 Å². The molecule has 2 atom stereocenters. The lowest BCUT2D eigenvalue weighted by molar-refractivity contribution is -0.132. The molecule has 0 aromatic rings. The molecule has 0 spiro atoms. The Kier molecular flexibility index (Phi) is 4.93. The number of nitrogens with two attached hydrogens (primary N) is 1. The third-order valence-electron chi connectivity index (χ3n) is 3.24. The average molecular weight is 241 g/mol. The zero-order valence-electron chi connectivity index (χ0n) is 10.9. The Morgan fingerprint density at radius 1 is 1.47 bits per heavy atom. The topological polar surface area (TPSA) is 75.4 Å². The molecule has 0 aromatic carbocycles. The number of carbonyl (C=O) groups is 2. The fourth-order valence-electron chi connectivity index (χ4n) is 1.98. The van der Waals surface area contributed by atoms with E-state index in [4.69, 9.17) is 5.73 Å². The van der Waals surface area contributed by atoms with Crippen molar-refractivity contribution in [1.29, 1.82) is 0 Å². The first-order chi connectivity index (χ1) is 7.91. The first-order valence-electron chi connectivity index (χ1n) is 6.20. The van der Waals surface area contributed by atoms with Crippen LogP contribution in [0.15, 0.2) is 0 Å². The molecule has 2 amide bonds. The molecule has 1 aliphatic heterocycles. The maximum Gasteiger partial charge on any atom is 0.239 e. The summed E-state index contributed by atoms with van der Waals surface area (Å²) >= 11 is 0. The monoisotopic (exact) mass is 241 g/mol. The van der Waals surface area contributed by atoms with Crippen LogP contribution < -0.4 is 11.1 Å². The predicted molar refractivity (Wildman–Crippen MR) is 66.2 cm³/mol. The van der Waals surface area contributed by atoms with Gasteiger partial charge in [0.05, 0.1) is 6.04 Å². The molecule has 1 unspecified atom stereocenters. The number of carbonyl (C=O) groups excluding carboxylic acids is 2. The van der Waals surface area contributed by atoms with E-state index in [1.807, 2.05) is 18.7 Å². The maximum atomic E-state index is 12.0. The van der Waals surface area contributed by atoms with Gasteiger partial charge in [-0.1, -0.05) is 13.8 Å². The minimum absolute atomic E-state index is 0.0198. The molecule has 3 N–H and O–H groups in total. The third-order valence-corrected chi connectivity index (χ3v) is 3.24. The van der Waals surface area contributed by atoms with Crippen molar-refractivity contribution in [2.45, 2.75) is 33.2 Å². The van der Waals surface area contributed by atoms with Gasteiger partial charge in [0, 0.05) is 26.6 Å². The standard InChI is InChI=1S/C12H23N3O2/c1-8(2)11(13)12(17)15-5-4-10(7-15)6-14-9(3)16/h8,10-11H,4-7,13H2,1-3H3,(H,14,16)/t10?,11-/m0/s1. The van der Waals surface area contributed by atoms with E-state index >= 15 is 0 Å². The number of hydrogen-bond acceptors (Lipinski definition) is 3. The molecule has 0 radical (unpaired) electrons. The highest BCUT2D eigenvalue weighted by Crippen LogP contribution is 2.17. The quantitative estimate of drug-likeness (QED) is 0.725. The minimum atomic E-state index is -0.408. The Balaban J connectivity index is 2.39. The van der Waals surface area contributed by atoms with Crippen LogP contribution in [-0.4, -0.2) is 42.4 Å². The van der Waals surface area contributed by atoms with Crippen LogP contribution in [-0.2, 0) is 9.59 Å². The van der Waals surface area contributed by atoms with Crippen LogP contribution in [0.1, 0.15) is 27.2 Å². The predicted octanol–water partition coefficient (Wildman–Crippen LogP) is -0.0457. The van der Waals surface area contributed by atoms with E-state index in [-0.39, 0.29) is 17.7 Å². The van der Waals surface area contributed by atoms with Gasteiger partial charge in [-0.3, -0.25) is 9.59 Å². The molecule has 0 bridgehead atoms. The Labute approximate surface area is 103 Å². The smallest absolute Gasteiger partial charge is 0.239 e. The van der Waals surface area contributed by atoms with Crippen molar-refractivity contribution >= 4 is 11.8 Å². The van der Waals surface area contributed by atoms with Gasteiger partial charge in [-0.25, -0.2) is 0 Å². The van der Waals surface area contributed by atoms with Crippen molar-refractivity contribution in [2.24, 2.45) is 17.6 Å². The molecule has 0 saturated carbocycles. The van der Waals surface area contributed by atoms with Crippen LogP contribution >= 0.6 is 0 Å². The van der Waals surface area contributed by atoms with Crippen molar-refractivity contribution in [2.75, 3.05) is 19.6 Å². The molecule has 1 saturated heterocycles. The summed E-state index contributed by atoms with van der Waals surface area (Å²) in [5.41, 5.74) is 5.85. The second-order valence-corrected chi connectivity index (χ2v) is 5.15. The van der Waals surface area contributed by atoms with E-state index < -0.39 is 6.04 Å². The van der Waals surface area contributed by atoms with E-state index in [0.29, 0.717) is 19.0 Å². The molecule has 5 heteroatoms. The van der Waals surface area contributed by atoms with Gasteiger partial charge < -0.3 is 16.0 Å². The molecule has 0 aromatic heterocycles. The Morgan fingerprint density at radius 2 is 2.12 bits per heavy atom. The summed E-state index contributed by atoms with van der Waals surface area (Å²) < 4.78 is 0. The molecule has 1 fully saturated rings. The van der Waals surface area contributed by atoms with Crippen LogP contribution in [0, 0.1) is 11.8 Å². The van der Waals surface area contributed by atoms with Gasteiger partial charge in [0.25, 0.3) is 0 Å². The summed E-state index contributed by atoms with van der Waals surface area (Å²) in [4.78, 5) is 24.6. The fourth-order valence-corrected chi connectivity index (χ4v) is 1.98. The average Bonchev–Trinajstić information content (AvgIpc) is 2.72. The van der Waals surface area contributed by atoms with Gasteiger partial charge in [0.2, 0.25) is 11.8 Å². The van der Waals surface area contributed by atoms with E-state index in [9.17, 15) is 9.59 Å². The zero-order chi connectivity index (χ0) is 13.0. The van der Waals surface area contributed by atoms with Crippen LogP contribution in [0.3, 0.4) is 0 Å². The molecule has 98 valence electrons. The maximum absolute atomic E-state index is 12.0. The van der Waals surface area contributed by atoms with Gasteiger partial charge in [-0.15, -0.1) is 0 Å². The number of likely N-dealkylation sites (tertiary alicyclic amines) is 1. The SMILES string of the molecule is CC(=O)NCC1CCN(C(=O)[C@@H](N)C(C)C)C1. The summed E-state index contributed by atoms with van der Waals surface area (Å²) in [5.74, 6) is 0.540. The van der Waals surface area contributed by atoms with E-state index in [1.165, 1.54) is 6.92 Å². The number of nitrogens with zero attached hydrogens (tertiary/aromatic N) is 1. The van der Waals surface area contributed by atoms with Crippen molar-refractivity contribution in [3.63, 3.8) is 0 Å². The highest BCUT2D eigenvalue weighted by atomic mass is 16.2. The zero-order valence-corrected chi connectivity index (χ0v) is 10.9. The summed E-state index contributed by atoms with van der Waals surface area (Å²) in [6, 6.07) is -0.408. The Bertz CT molecular complexity index is 291. The first kappa shape index (κ1) is 14.0. The normalized spacial score (nSPS) is 21.7. The van der Waals surface area contributed by atoms with Gasteiger partial charge >= 0.3 is 0 Å². The second kappa shape index (κ2) is 6.00. The number of nitrogens with one attached hydrogen (secondary N) is 1. The lowest BCUT2D eigenvalue weighted by atomic mass is 10.0. The van der Waals surface area contributed by atoms with Crippen molar-refractivity contribution in [3.05, 3.63) is 0 Å². The number of rotatable bonds is 4. The highest BCUT2D eigenvalue weighted by molar-refractivity contribution is 5.82. The van der Waals surface area contributed by atoms with Crippen LogP contribution in [0.4, 0.5) is 0 Å². The summed E-state index contributed by atoms with van der Waals surface area (Å²) in [6.45, 7) is 7.52. The second-order valence-electron chi connectivity index (χ2n) is 5.15. The largest absolute Gasteiger partial charge is 0.356 e. The molecule has 1 aliphatic rings. The van der Waals surface area contributed by atoms with E-state index in [1.54, 1.807) is 0 Å². The lowest BCUT2D eigenvalue weighted by Gasteiger charge is -2.23. The molecule has 1 heterocycles. The van der Waals surface area contributed by atoms with E-state index in [0.717, 1.165) is 13.0 Å². The molecular weight excluding hydrogens is 218 g/mol. The van der Waals surface area contributed by atoms with Crippen LogP contribution in [0.25, 0.3) is 0 Å². The van der Waals surface area contributed by atoms with Gasteiger partial charge in [-0.2, -0.15) is 0 Å². The molecule has 17 heavy (non-hydrogen) atoms. The van der Waals surface area contributed by atoms with Crippen molar-refractivity contribution in [1.82, 2.24) is 10.2 Å². The van der Waals surface area contributed by atoms with Crippen LogP contribution in [0.2, 0.25) is 0 Å². The number of hydrogen-bond donors (Lipinski definition) is 2. The number of amides is 2. The Hall–Kier alpha value is -1.10. The molecule has 5 nitrogen and oxygen atoms in total. The van der Waals surface area contributed by atoms with Crippen molar-refractivity contribution in [3.8, 4) is 0 Å². The molecule has 1 rings (SSSR count). The summed E-state index contributed by atoms with van der Waals surface area (Å²) in [5, 5.41) is 2.79. The summed E-state index contributed by atoms with van der Waals surface area (Å²) in [7, 11) is 0. The fraction of sp³-hybridized carbons (Fsp3) is 0.833. The van der Waals surface area contributed by atoms with Gasteiger partial charge in [0.1, 0.15) is 0 Å². The first-order valence-corrected chi connectivity index (χ1v) is 6.20. The Morgan fingerprint density at radius 3 is 2.65 bits per heavy atom. The lowest BCUT2D eigenvalue weighted by Crippen LogP contribution is -2.45. The van der Waals surface area contributed by atoms with Crippen LogP contribution in [0.5, 0.6) is 0 Å². The molecule has 0 aliphatic carbocycles.